The Hall–Kier alpha value is -3.04. The number of carbonyl (C=O) groups is 1. The molecule has 0 radical (unpaired) electrons. The van der Waals surface area contributed by atoms with Gasteiger partial charge in [0, 0.05) is 11.1 Å². The van der Waals surface area contributed by atoms with E-state index in [1.807, 2.05) is 0 Å². The number of benzene rings is 2. The number of nitrogens with zero attached hydrogens (tertiary/aromatic N) is 2. The lowest BCUT2D eigenvalue weighted by molar-refractivity contribution is 0.0727. The molecule has 3 aromatic rings. The highest BCUT2D eigenvalue weighted by atomic mass is 35.5. The lowest BCUT2D eigenvalue weighted by Gasteiger charge is -2.06. The molecule has 0 saturated carbocycles. The summed E-state index contributed by atoms with van der Waals surface area (Å²) in [4.78, 5) is 12.1. The molecule has 8 nitrogen and oxygen atoms in total. The number of nitrogens with two attached hydrogens (primary N) is 1. The van der Waals surface area contributed by atoms with E-state index in [1.54, 1.807) is 0 Å². The van der Waals surface area contributed by atoms with Crippen LogP contribution in [0, 0.1) is 0 Å². The monoisotopic (exact) mass is 407 g/mol. The smallest absolute Gasteiger partial charge is 0.344 e. The second-order valence-electron chi connectivity index (χ2n) is 5.33. The van der Waals surface area contributed by atoms with Crippen LogP contribution in [0.3, 0.4) is 0 Å². The van der Waals surface area contributed by atoms with Gasteiger partial charge in [0.2, 0.25) is 5.88 Å². The molecule has 0 spiro atoms. The van der Waals surface area contributed by atoms with E-state index in [0.29, 0.717) is 14.9 Å². The Morgan fingerprint density at radius 1 is 1.11 bits per heavy atom. The Morgan fingerprint density at radius 2 is 1.74 bits per heavy atom. The molecule has 0 bridgehead atoms. The Kier molecular flexibility index (Phi) is 5.06. The van der Waals surface area contributed by atoms with Crippen molar-refractivity contribution in [3.8, 4) is 11.6 Å². The molecule has 0 fully saturated rings. The van der Waals surface area contributed by atoms with Crippen molar-refractivity contribution in [1.82, 2.24) is 9.19 Å². The molecule has 1 heterocycles. The van der Waals surface area contributed by atoms with E-state index >= 15 is 0 Å². The molecule has 27 heavy (non-hydrogen) atoms. The molecule has 0 amide bonds. The van der Waals surface area contributed by atoms with Crippen LogP contribution in [-0.2, 0) is 10.0 Å². The number of halogens is 1. The van der Waals surface area contributed by atoms with Gasteiger partial charge in [-0.05, 0) is 48.5 Å². The second-order valence-corrected chi connectivity index (χ2v) is 7.53. The Labute approximate surface area is 160 Å². The van der Waals surface area contributed by atoms with Crippen LogP contribution in [0.15, 0.2) is 59.5 Å². The van der Waals surface area contributed by atoms with E-state index < -0.39 is 16.0 Å². The van der Waals surface area contributed by atoms with Gasteiger partial charge in [-0.1, -0.05) is 11.6 Å². The number of esters is 1. The number of hydrogen-bond donors (Lipinski definition) is 1. The highest BCUT2D eigenvalue weighted by Crippen LogP contribution is 2.23. The molecule has 10 heteroatoms. The van der Waals surface area contributed by atoms with E-state index in [-0.39, 0.29) is 22.2 Å². The fourth-order valence-electron chi connectivity index (χ4n) is 2.19. The Morgan fingerprint density at radius 3 is 2.33 bits per heavy atom. The van der Waals surface area contributed by atoms with Gasteiger partial charge in [-0.2, -0.15) is 8.42 Å². The minimum atomic E-state index is -4.06. The molecule has 0 unspecified atom stereocenters. The van der Waals surface area contributed by atoms with Crippen LogP contribution < -0.4 is 15.2 Å². The summed E-state index contributed by atoms with van der Waals surface area (Å²) in [5.41, 5.74) is 5.97. The number of ether oxygens (including phenoxy) is 2. The summed E-state index contributed by atoms with van der Waals surface area (Å²) in [5.74, 6) is -0.674. The first-order valence-corrected chi connectivity index (χ1v) is 9.36. The third kappa shape index (κ3) is 3.88. The third-order valence-corrected chi connectivity index (χ3v) is 5.41. The van der Waals surface area contributed by atoms with Gasteiger partial charge in [-0.15, -0.1) is 9.19 Å². The molecular formula is C17H14ClN3O5S. The molecule has 3 rings (SSSR count). The molecular weight excluding hydrogens is 394 g/mol. The minimum absolute atomic E-state index is 0.0475. The summed E-state index contributed by atoms with van der Waals surface area (Å²) >= 11 is 5.77. The van der Waals surface area contributed by atoms with Gasteiger partial charge < -0.3 is 15.2 Å². The standard InChI is InChI=1S/C17H14ClN3O5S/c1-25-13-6-8-14(9-7-13)27(23,24)21-15(19)10-16(20-21)26-17(22)11-2-4-12(18)5-3-11/h2-10H,19H2,1H3. The van der Waals surface area contributed by atoms with Gasteiger partial charge in [0.1, 0.15) is 11.6 Å². The maximum Gasteiger partial charge on any atom is 0.344 e. The predicted octanol–water partition coefficient (Wildman–Crippen LogP) is 2.58. The number of nitrogen functional groups attached to an aromatic ring is 1. The topological polar surface area (TPSA) is 114 Å². The van der Waals surface area contributed by atoms with Crippen LogP contribution in [-0.4, -0.2) is 30.7 Å². The van der Waals surface area contributed by atoms with Crippen LogP contribution in [0.25, 0.3) is 0 Å². The summed E-state index contributed by atoms with van der Waals surface area (Å²) in [6.45, 7) is 0. The first kappa shape index (κ1) is 18.7. The molecule has 0 aliphatic rings. The summed E-state index contributed by atoms with van der Waals surface area (Å²) in [6, 6.07) is 12.8. The van der Waals surface area contributed by atoms with Crippen molar-refractivity contribution in [3.63, 3.8) is 0 Å². The summed E-state index contributed by atoms with van der Waals surface area (Å²) in [7, 11) is -2.60. The third-order valence-electron chi connectivity index (χ3n) is 3.54. The average molecular weight is 408 g/mol. The number of carbonyl (C=O) groups excluding carboxylic acids is 1. The number of methoxy groups -OCH3 is 1. The minimum Gasteiger partial charge on any atom is -0.497 e. The van der Waals surface area contributed by atoms with Crippen molar-refractivity contribution in [2.24, 2.45) is 0 Å². The predicted molar refractivity (Wildman–Crippen MR) is 98.6 cm³/mol. The van der Waals surface area contributed by atoms with Crippen LogP contribution in [0.2, 0.25) is 5.02 Å². The Bertz CT molecular complexity index is 1080. The molecule has 0 aliphatic carbocycles. The SMILES string of the molecule is COc1ccc(S(=O)(=O)n2nc(OC(=O)c3ccc(Cl)cc3)cc2N)cc1. The molecule has 0 saturated heterocycles. The van der Waals surface area contributed by atoms with E-state index in [0.717, 1.165) is 6.07 Å². The van der Waals surface area contributed by atoms with E-state index in [9.17, 15) is 13.2 Å². The van der Waals surface area contributed by atoms with Crippen LogP contribution in [0.1, 0.15) is 10.4 Å². The van der Waals surface area contributed by atoms with Crippen molar-refractivity contribution >= 4 is 33.4 Å². The normalized spacial score (nSPS) is 11.2. The molecule has 0 atom stereocenters. The highest BCUT2D eigenvalue weighted by Gasteiger charge is 2.23. The molecule has 0 aliphatic heterocycles. The van der Waals surface area contributed by atoms with E-state index in [4.69, 9.17) is 26.8 Å². The van der Waals surface area contributed by atoms with Gasteiger partial charge in [0.25, 0.3) is 10.0 Å². The lowest BCUT2D eigenvalue weighted by Crippen LogP contribution is -2.17. The zero-order chi connectivity index (χ0) is 19.6. The second kappa shape index (κ2) is 7.29. The van der Waals surface area contributed by atoms with Gasteiger partial charge in [0.15, 0.2) is 0 Å². The van der Waals surface area contributed by atoms with Crippen LogP contribution in [0.4, 0.5) is 5.82 Å². The number of hydrogen-bond acceptors (Lipinski definition) is 7. The zero-order valence-corrected chi connectivity index (χ0v) is 15.6. The van der Waals surface area contributed by atoms with Crippen molar-refractivity contribution in [3.05, 3.63) is 65.2 Å². The van der Waals surface area contributed by atoms with Crippen LogP contribution in [0.5, 0.6) is 11.6 Å². The fraction of sp³-hybridized carbons (Fsp3) is 0.0588. The van der Waals surface area contributed by atoms with Crippen molar-refractivity contribution < 1.29 is 22.7 Å². The maximum absolute atomic E-state index is 12.7. The quantitative estimate of drug-likeness (QED) is 0.646. The van der Waals surface area contributed by atoms with Crippen molar-refractivity contribution in [1.29, 1.82) is 0 Å². The zero-order valence-electron chi connectivity index (χ0n) is 14.0. The van der Waals surface area contributed by atoms with Gasteiger partial charge in [-0.3, -0.25) is 0 Å². The largest absolute Gasteiger partial charge is 0.497 e. The van der Waals surface area contributed by atoms with Gasteiger partial charge in [-0.25, -0.2) is 4.79 Å². The van der Waals surface area contributed by atoms with Crippen molar-refractivity contribution in [2.75, 3.05) is 12.8 Å². The van der Waals surface area contributed by atoms with Crippen LogP contribution >= 0.6 is 11.6 Å². The molecule has 2 aromatic carbocycles. The molecule has 2 N–H and O–H groups in total. The first-order chi connectivity index (χ1) is 12.8. The number of anilines is 1. The average Bonchev–Trinajstić information content (AvgIpc) is 3.03. The van der Waals surface area contributed by atoms with E-state index in [2.05, 4.69) is 5.10 Å². The maximum atomic E-state index is 12.7. The molecule has 140 valence electrons. The Balaban J connectivity index is 1.86. The summed E-state index contributed by atoms with van der Waals surface area (Å²) < 4.78 is 36.1. The first-order valence-electron chi connectivity index (χ1n) is 7.54. The van der Waals surface area contributed by atoms with Crippen molar-refractivity contribution in [2.45, 2.75) is 4.90 Å². The van der Waals surface area contributed by atoms with Gasteiger partial charge >= 0.3 is 5.97 Å². The highest BCUT2D eigenvalue weighted by molar-refractivity contribution is 7.90. The summed E-state index contributed by atoms with van der Waals surface area (Å²) in [6.07, 6.45) is 0. The van der Waals surface area contributed by atoms with Gasteiger partial charge in [0.05, 0.1) is 17.6 Å². The lowest BCUT2D eigenvalue weighted by atomic mass is 10.2. The van der Waals surface area contributed by atoms with E-state index in [1.165, 1.54) is 55.6 Å². The molecule has 1 aromatic heterocycles. The summed E-state index contributed by atoms with van der Waals surface area (Å²) in [5, 5.41) is 4.25. The fourth-order valence-corrected chi connectivity index (χ4v) is 3.51. The number of aromatic nitrogens is 2. The number of rotatable bonds is 5.